The molecule has 0 unspecified atom stereocenters. The predicted octanol–water partition coefficient (Wildman–Crippen LogP) is 3.36. The van der Waals surface area contributed by atoms with Crippen LogP contribution in [0.3, 0.4) is 0 Å². The first-order chi connectivity index (χ1) is 15.2. The molecule has 1 aromatic carbocycles. The van der Waals surface area contributed by atoms with Gasteiger partial charge in [0.15, 0.2) is 5.75 Å². The first-order valence-electron chi connectivity index (χ1n) is 10.8. The lowest BCUT2D eigenvalue weighted by molar-refractivity contribution is -0.143. The standard InChI is InChI=1S/C24H33NO7/c1-7-19(26)32-23-17(22(29-6)16(3)18-14-31-24(28)21(18)23)10-8-15(2)9-11-20(27)30-13-12-25(4)5/h8H,7,9-14H2,1-6H3/b15-8+. The molecular formula is C24H33NO7. The Kier molecular flexibility index (Phi) is 9.26. The first kappa shape index (κ1) is 25.4. The minimum Gasteiger partial charge on any atom is -0.496 e. The Hall–Kier alpha value is -2.87. The van der Waals surface area contributed by atoms with Gasteiger partial charge in [-0.3, -0.25) is 9.59 Å². The number of likely N-dealkylation sites (N-methyl/N-ethyl adjacent to an activating group) is 1. The number of nitrogens with zero attached hydrogens (tertiary/aromatic N) is 1. The molecule has 0 fully saturated rings. The summed E-state index contributed by atoms with van der Waals surface area (Å²) in [5.74, 6) is -0.435. The molecule has 8 heteroatoms. The van der Waals surface area contributed by atoms with Crippen LogP contribution in [0, 0.1) is 6.92 Å². The number of hydrogen-bond acceptors (Lipinski definition) is 8. The predicted molar refractivity (Wildman–Crippen MR) is 119 cm³/mol. The minimum atomic E-state index is -0.507. The minimum absolute atomic E-state index is 0.123. The molecular weight excluding hydrogens is 414 g/mol. The molecule has 0 aromatic heterocycles. The number of fused-ring (bicyclic) bond motifs is 1. The summed E-state index contributed by atoms with van der Waals surface area (Å²) in [4.78, 5) is 38.3. The van der Waals surface area contributed by atoms with E-state index in [1.54, 1.807) is 14.0 Å². The fourth-order valence-electron chi connectivity index (χ4n) is 3.40. The van der Waals surface area contributed by atoms with Gasteiger partial charge in [-0.05, 0) is 46.3 Å². The normalized spacial score (nSPS) is 13.1. The van der Waals surface area contributed by atoms with Crippen LogP contribution in [0.15, 0.2) is 11.6 Å². The maximum Gasteiger partial charge on any atom is 0.342 e. The van der Waals surface area contributed by atoms with Crippen molar-refractivity contribution in [1.82, 2.24) is 4.90 Å². The summed E-state index contributed by atoms with van der Waals surface area (Å²) in [6.45, 7) is 6.63. The lowest BCUT2D eigenvalue weighted by Crippen LogP contribution is -2.20. The highest BCUT2D eigenvalue weighted by atomic mass is 16.6. The third kappa shape index (κ3) is 6.32. The van der Waals surface area contributed by atoms with Crippen molar-refractivity contribution in [2.24, 2.45) is 0 Å². The number of ether oxygens (including phenoxy) is 4. The van der Waals surface area contributed by atoms with Gasteiger partial charge in [-0.25, -0.2) is 4.79 Å². The van der Waals surface area contributed by atoms with Crippen LogP contribution in [-0.2, 0) is 32.1 Å². The van der Waals surface area contributed by atoms with Crippen LogP contribution in [0.5, 0.6) is 11.5 Å². The topological polar surface area (TPSA) is 91.4 Å². The van der Waals surface area contributed by atoms with Crippen LogP contribution in [0.4, 0.5) is 0 Å². The number of carbonyl (C=O) groups excluding carboxylic acids is 3. The average Bonchev–Trinajstić information content (AvgIpc) is 3.14. The van der Waals surface area contributed by atoms with Crippen molar-refractivity contribution in [3.63, 3.8) is 0 Å². The zero-order valence-electron chi connectivity index (χ0n) is 19.8. The molecule has 0 atom stereocenters. The van der Waals surface area contributed by atoms with E-state index < -0.39 is 11.9 Å². The number of benzene rings is 1. The van der Waals surface area contributed by atoms with E-state index in [4.69, 9.17) is 18.9 Å². The SMILES string of the molecule is CCC(=O)Oc1c(C/C=C(\C)CCC(=O)OCCN(C)C)c(OC)c(C)c2c1C(=O)OC2. The lowest BCUT2D eigenvalue weighted by Gasteiger charge is -2.18. The fraction of sp³-hybridized carbons (Fsp3) is 0.542. The first-order valence-corrected chi connectivity index (χ1v) is 10.8. The summed E-state index contributed by atoms with van der Waals surface area (Å²) in [6.07, 6.45) is 3.31. The summed E-state index contributed by atoms with van der Waals surface area (Å²) in [5.41, 5.74) is 3.34. The van der Waals surface area contributed by atoms with Crippen molar-refractivity contribution in [2.45, 2.75) is 53.1 Å². The van der Waals surface area contributed by atoms with E-state index in [0.717, 1.165) is 11.1 Å². The number of esters is 3. The molecule has 32 heavy (non-hydrogen) atoms. The quantitative estimate of drug-likeness (QED) is 0.290. The van der Waals surface area contributed by atoms with Gasteiger partial charge in [0, 0.05) is 30.5 Å². The summed E-state index contributed by atoms with van der Waals surface area (Å²) >= 11 is 0. The van der Waals surface area contributed by atoms with Crippen LogP contribution < -0.4 is 9.47 Å². The second-order valence-electron chi connectivity index (χ2n) is 8.00. The van der Waals surface area contributed by atoms with Crippen molar-refractivity contribution >= 4 is 17.9 Å². The summed E-state index contributed by atoms with van der Waals surface area (Å²) in [6, 6.07) is 0. The van der Waals surface area contributed by atoms with Gasteiger partial charge in [-0.15, -0.1) is 0 Å². The van der Waals surface area contributed by atoms with E-state index in [1.165, 1.54) is 0 Å². The zero-order chi connectivity index (χ0) is 23.8. The molecule has 1 aliphatic heterocycles. The number of methoxy groups -OCH3 is 1. The Labute approximate surface area is 189 Å². The van der Waals surface area contributed by atoms with Crippen molar-refractivity contribution < 1.29 is 33.3 Å². The summed E-state index contributed by atoms with van der Waals surface area (Å²) < 4.78 is 21.6. The molecule has 0 saturated heterocycles. The molecule has 0 aliphatic carbocycles. The summed E-state index contributed by atoms with van der Waals surface area (Å²) in [5, 5.41) is 0. The van der Waals surface area contributed by atoms with Gasteiger partial charge in [-0.1, -0.05) is 18.6 Å². The number of rotatable bonds is 11. The maximum absolute atomic E-state index is 12.4. The van der Waals surface area contributed by atoms with E-state index in [1.807, 2.05) is 38.9 Å². The van der Waals surface area contributed by atoms with Gasteiger partial charge >= 0.3 is 17.9 Å². The monoisotopic (exact) mass is 447 g/mol. The average molecular weight is 448 g/mol. The van der Waals surface area contributed by atoms with Crippen LogP contribution in [0.1, 0.15) is 60.2 Å². The summed E-state index contributed by atoms with van der Waals surface area (Å²) in [7, 11) is 5.38. The highest BCUT2D eigenvalue weighted by Crippen LogP contribution is 2.43. The third-order valence-corrected chi connectivity index (χ3v) is 5.31. The van der Waals surface area contributed by atoms with Gasteiger partial charge < -0.3 is 23.8 Å². The molecule has 0 saturated carbocycles. The lowest BCUT2D eigenvalue weighted by atomic mass is 9.94. The molecule has 1 heterocycles. The van der Waals surface area contributed by atoms with Crippen LogP contribution in [0.25, 0.3) is 0 Å². The fourth-order valence-corrected chi connectivity index (χ4v) is 3.40. The molecule has 0 bridgehead atoms. The highest BCUT2D eigenvalue weighted by Gasteiger charge is 2.33. The zero-order valence-corrected chi connectivity index (χ0v) is 19.8. The van der Waals surface area contributed by atoms with Crippen LogP contribution in [0.2, 0.25) is 0 Å². The maximum atomic E-state index is 12.4. The molecule has 0 N–H and O–H groups in total. The Balaban J connectivity index is 2.23. The molecule has 176 valence electrons. The highest BCUT2D eigenvalue weighted by molar-refractivity contribution is 5.99. The van der Waals surface area contributed by atoms with Gasteiger partial charge in [0.25, 0.3) is 0 Å². The molecule has 0 radical (unpaired) electrons. The number of carbonyl (C=O) groups is 3. The van der Waals surface area contributed by atoms with Crippen LogP contribution in [-0.4, -0.2) is 57.2 Å². The van der Waals surface area contributed by atoms with Crippen molar-refractivity contribution in [2.75, 3.05) is 34.4 Å². The number of allylic oxidation sites excluding steroid dienone is 2. The number of cyclic esters (lactones) is 1. The molecule has 1 aromatic rings. The van der Waals surface area contributed by atoms with Gasteiger partial charge in [0.1, 0.15) is 24.5 Å². The smallest absolute Gasteiger partial charge is 0.342 e. The Morgan fingerprint density at radius 1 is 1.16 bits per heavy atom. The Bertz CT molecular complexity index is 902. The molecule has 0 spiro atoms. The van der Waals surface area contributed by atoms with Gasteiger partial charge in [-0.2, -0.15) is 0 Å². The molecule has 1 aliphatic rings. The largest absolute Gasteiger partial charge is 0.496 e. The number of hydrogen-bond donors (Lipinski definition) is 0. The molecule has 2 rings (SSSR count). The van der Waals surface area contributed by atoms with E-state index >= 15 is 0 Å². The van der Waals surface area contributed by atoms with Crippen molar-refractivity contribution in [3.8, 4) is 11.5 Å². The Morgan fingerprint density at radius 3 is 2.50 bits per heavy atom. The Morgan fingerprint density at radius 2 is 1.88 bits per heavy atom. The third-order valence-electron chi connectivity index (χ3n) is 5.31. The second-order valence-corrected chi connectivity index (χ2v) is 8.00. The van der Waals surface area contributed by atoms with Gasteiger partial charge in [0.05, 0.1) is 7.11 Å². The van der Waals surface area contributed by atoms with E-state index in [-0.39, 0.29) is 36.7 Å². The van der Waals surface area contributed by atoms with E-state index in [2.05, 4.69) is 0 Å². The second kappa shape index (κ2) is 11.7. The van der Waals surface area contributed by atoms with Crippen molar-refractivity contribution in [3.05, 3.63) is 33.9 Å². The molecule has 8 nitrogen and oxygen atoms in total. The molecule has 0 amide bonds. The van der Waals surface area contributed by atoms with Gasteiger partial charge in [0.2, 0.25) is 0 Å². The van der Waals surface area contributed by atoms with Crippen LogP contribution >= 0.6 is 0 Å². The van der Waals surface area contributed by atoms with Crippen molar-refractivity contribution in [1.29, 1.82) is 0 Å². The van der Waals surface area contributed by atoms with E-state index in [0.29, 0.717) is 42.9 Å². The van der Waals surface area contributed by atoms with E-state index in [9.17, 15) is 14.4 Å².